The summed E-state index contributed by atoms with van der Waals surface area (Å²) in [6, 6.07) is 4.37. The quantitative estimate of drug-likeness (QED) is 0.00554. The Balaban J connectivity index is 0.853. The first-order valence-electron chi connectivity index (χ1n) is 26.7. The minimum atomic E-state index is -2.54. The fourth-order valence-corrected chi connectivity index (χ4v) is 8.24. The normalized spacial score (nSPS) is 17.6. The number of esters is 1. The lowest BCUT2D eigenvalue weighted by Gasteiger charge is -2.46. The number of ether oxygens (including phenoxy) is 9. The number of aromatic nitrogens is 3. The molecule has 1 saturated heterocycles. The number of halogens is 6. The van der Waals surface area contributed by atoms with Crippen LogP contribution >= 0.6 is 11.6 Å². The third-order valence-electron chi connectivity index (χ3n) is 12.5. The van der Waals surface area contributed by atoms with Gasteiger partial charge in [0.05, 0.1) is 123 Å². The molecule has 1 aromatic heterocycles. The van der Waals surface area contributed by atoms with Gasteiger partial charge in [-0.25, -0.2) is 22.6 Å². The van der Waals surface area contributed by atoms with Gasteiger partial charge < -0.3 is 89.4 Å². The van der Waals surface area contributed by atoms with Crippen LogP contribution in [0.1, 0.15) is 54.6 Å². The summed E-state index contributed by atoms with van der Waals surface area (Å²) in [7, 11) is 0. The number of rotatable bonds is 42. The Morgan fingerprint density at radius 2 is 1.35 bits per heavy atom. The van der Waals surface area contributed by atoms with Gasteiger partial charge in [0.15, 0.2) is 0 Å². The molecule has 0 aliphatic carbocycles. The summed E-state index contributed by atoms with van der Waals surface area (Å²) >= 11 is 5.94. The van der Waals surface area contributed by atoms with Crippen molar-refractivity contribution >= 4 is 46.7 Å². The number of hydrogen-bond donors (Lipinski definition) is 9. The van der Waals surface area contributed by atoms with E-state index in [0.29, 0.717) is 51.1 Å². The fraction of sp³-hybridized carbons (Fsp3) is 0.577. The molecule has 2 amide bonds. The lowest BCUT2D eigenvalue weighted by molar-refractivity contribution is -0.310. The van der Waals surface area contributed by atoms with Crippen molar-refractivity contribution in [1.82, 2.24) is 25.6 Å². The van der Waals surface area contributed by atoms with Gasteiger partial charge in [0, 0.05) is 36.6 Å². The third kappa shape index (κ3) is 21.5. The van der Waals surface area contributed by atoms with Crippen LogP contribution < -0.4 is 36.9 Å². The van der Waals surface area contributed by atoms with Crippen LogP contribution in [0, 0.1) is 29.1 Å². The van der Waals surface area contributed by atoms with Gasteiger partial charge in [-0.15, -0.1) is 5.10 Å². The van der Waals surface area contributed by atoms with Crippen molar-refractivity contribution in [2.24, 2.45) is 0 Å². The Morgan fingerprint density at radius 3 is 1.99 bits per heavy atom. The number of benzene rings is 2. The molecule has 27 nitrogen and oxygen atoms in total. The number of carbonyl (C=O) groups excluding carboxylic acids is 3. The molecule has 472 valence electrons. The molecule has 5 rings (SSSR count). The van der Waals surface area contributed by atoms with Crippen LogP contribution in [0.2, 0.25) is 5.02 Å². The molecule has 0 radical (unpaired) electrons. The van der Waals surface area contributed by atoms with E-state index < -0.39 is 132 Å². The number of carbonyl (C=O) groups is 4. The Labute approximate surface area is 486 Å². The smallest absolute Gasteiger partial charge is 0.364 e. The molecular formula is C52H67ClF5N7O20. The number of amides is 2. The lowest BCUT2D eigenvalue weighted by atomic mass is 9.88. The second-order valence-corrected chi connectivity index (χ2v) is 19.1. The molecule has 1 aliphatic rings. The number of aliphatic hydroxyl groups is 4. The first kappa shape index (κ1) is 69.4. The molecule has 2 heterocycles. The van der Waals surface area contributed by atoms with E-state index in [1.54, 1.807) is 16.9 Å². The summed E-state index contributed by atoms with van der Waals surface area (Å²) in [6.45, 7) is 1.19. The van der Waals surface area contributed by atoms with E-state index in [-0.39, 0.29) is 108 Å². The lowest BCUT2D eigenvalue weighted by Crippen LogP contribution is -2.68. The SMILES string of the molecule is O=C(CO)N[C@H]1[C@H]([C@H](O)[C@H](O)CNC(=O)c2cccc(Cl)c2)O[C@@](OCCCCCCNc2c(NCCOCCOCc3cn(CCOCCOCCOCCOCCC(=O)Oc4c(F)c(F)c(F)c(F)c4F)nn3)c(=O)c2=O)(C(=O)O)C[C@@H]1O. The average Bonchev–Trinajstić information content (AvgIpc) is 2.03. The predicted octanol–water partition coefficient (Wildman–Crippen LogP) is 0.479. The van der Waals surface area contributed by atoms with E-state index in [9.17, 15) is 76.3 Å². The molecule has 85 heavy (non-hydrogen) atoms. The first-order chi connectivity index (χ1) is 40.8. The molecule has 1 fully saturated rings. The maximum absolute atomic E-state index is 13.6. The monoisotopic (exact) mass is 1240 g/mol. The highest BCUT2D eigenvalue weighted by molar-refractivity contribution is 6.31. The number of nitrogens with zero attached hydrogens (tertiary/aromatic N) is 3. The summed E-state index contributed by atoms with van der Waals surface area (Å²) in [5, 5.41) is 71.5. The van der Waals surface area contributed by atoms with E-state index in [1.807, 2.05) is 0 Å². The van der Waals surface area contributed by atoms with Crippen LogP contribution in [-0.2, 0) is 65.4 Å². The largest absolute Gasteiger partial charge is 0.477 e. The molecule has 9 N–H and O–H groups in total. The van der Waals surface area contributed by atoms with Crippen LogP contribution in [0.3, 0.4) is 0 Å². The highest BCUT2D eigenvalue weighted by Crippen LogP contribution is 2.34. The zero-order valence-corrected chi connectivity index (χ0v) is 46.5. The number of unbranched alkanes of at least 4 members (excludes halogenated alkanes) is 3. The van der Waals surface area contributed by atoms with Crippen molar-refractivity contribution in [3.05, 3.63) is 96.3 Å². The Hall–Kier alpha value is -6.40. The molecule has 4 aromatic rings. The summed E-state index contributed by atoms with van der Waals surface area (Å²) in [5.41, 5.74) is -0.357. The van der Waals surface area contributed by atoms with Crippen molar-refractivity contribution in [3.63, 3.8) is 0 Å². The van der Waals surface area contributed by atoms with Crippen LogP contribution in [0.15, 0.2) is 40.1 Å². The third-order valence-corrected chi connectivity index (χ3v) is 12.7. The van der Waals surface area contributed by atoms with Gasteiger partial charge in [-0.05, 0) is 31.0 Å². The van der Waals surface area contributed by atoms with Crippen molar-refractivity contribution in [2.45, 2.75) is 87.9 Å². The molecule has 0 bridgehead atoms. The number of anilines is 2. The van der Waals surface area contributed by atoms with Gasteiger partial charge >= 0.3 is 11.9 Å². The van der Waals surface area contributed by atoms with Gasteiger partial charge in [0.2, 0.25) is 40.7 Å². The molecule has 0 spiro atoms. The Kier molecular flexibility index (Phi) is 29.3. The fourth-order valence-electron chi connectivity index (χ4n) is 8.05. The summed E-state index contributed by atoms with van der Waals surface area (Å²) in [6.07, 6.45) is -4.97. The van der Waals surface area contributed by atoms with Crippen molar-refractivity contribution in [1.29, 1.82) is 0 Å². The van der Waals surface area contributed by atoms with Crippen molar-refractivity contribution in [3.8, 4) is 5.75 Å². The minimum Gasteiger partial charge on any atom is -0.477 e. The second-order valence-electron chi connectivity index (χ2n) is 18.7. The van der Waals surface area contributed by atoms with Crippen LogP contribution in [0.25, 0.3) is 0 Å². The molecule has 0 saturated carbocycles. The zero-order valence-electron chi connectivity index (χ0n) is 45.7. The van der Waals surface area contributed by atoms with Gasteiger partial charge in [-0.2, -0.15) is 8.78 Å². The maximum atomic E-state index is 13.6. The molecule has 6 atom stereocenters. The predicted molar refractivity (Wildman–Crippen MR) is 284 cm³/mol. The minimum absolute atomic E-state index is 0.0301. The number of carboxylic acid groups (broad SMARTS) is 1. The van der Waals surface area contributed by atoms with Gasteiger partial charge in [0.25, 0.3) is 22.6 Å². The summed E-state index contributed by atoms with van der Waals surface area (Å²) in [5.74, 6) is -20.2. The highest BCUT2D eigenvalue weighted by atomic mass is 35.5. The van der Waals surface area contributed by atoms with E-state index >= 15 is 0 Å². The molecule has 33 heteroatoms. The van der Waals surface area contributed by atoms with Gasteiger partial charge in [-0.1, -0.05) is 35.7 Å². The van der Waals surface area contributed by atoms with Crippen LogP contribution in [0.5, 0.6) is 5.75 Å². The molecule has 3 aromatic carbocycles. The number of hydrogen-bond acceptors (Lipinski definition) is 23. The van der Waals surface area contributed by atoms with E-state index in [1.165, 1.54) is 18.2 Å². The van der Waals surface area contributed by atoms with Crippen LogP contribution in [0.4, 0.5) is 33.3 Å². The Bertz CT molecular complexity index is 2830. The number of nitrogens with one attached hydrogen (secondary N) is 4. The standard InChI is InChI=1S/C52H67ClF5N7O20/c53-31-7-5-6-30(24-31)50(74)61-26-34(68)45(71)49-42(62-35(69)28-66)33(67)25-52(85-49,51(75)76)83-12-4-2-1-3-9-59-43-44(47(73)46(43)72)60-10-14-78-22-23-82-29-32-27-65(64-63-32)11-15-79-17-19-81-21-20-80-18-16-77-13-8-36(70)84-48-40(57)38(55)37(54)39(56)41(48)58/h5-7,24,27,33-34,42,45,49,59-60,66-68,71H,1-4,8-23,25-26,28-29H2,(H,61,74)(H,62,69)(H,75,76)/t33-,34+,42+,45+,49+,52+/m0/s1. The van der Waals surface area contributed by atoms with Crippen molar-refractivity contribution < 1.29 is 109 Å². The van der Waals surface area contributed by atoms with E-state index in [0.717, 1.165) is 0 Å². The molecular weight excluding hydrogens is 1170 g/mol. The van der Waals surface area contributed by atoms with E-state index in [2.05, 4.69) is 36.3 Å². The summed E-state index contributed by atoms with van der Waals surface area (Å²) < 4.78 is 117. The average molecular weight is 1240 g/mol. The number of aliphatic carboxylic acids is 1. The van der Waals surface area contributed by atoms with Gasteiger partial charge in [0.1, 0.15) is 35.9 Å². The number of aliphatic hydroxyl groups excluding tert-OH is 4. The van der Waals surface area contributed by atoms with E-state index in [4.69, 9.17) is 49.5 Å². The zero-order chi connectivity index (χ0) is 61.9. The second kappa shape index (κ2) is 35.9. The van der Waals surface area contributed by atoms with Crippen molar-refractivity contribution in [2.75, 3.05) is 116 Å². The summed E-state index contributed by atoms with van der Waals surface area (Å²) in [4.78, 5) is 73.7. The van der Waals surface area contributed by atoms with Crippen LogP contribution in [-0.4, -0.2) is 206 Å². The molecule has 1 aliphatic heterocycles. The Morgan fingerprint density at radius 1 is 0.765 bits per heavy atom. The highest BCUT2D eigenvalue weighted by Gasteiger charge is 2.56. The maximum Gasteiger partial charge on any atom is 0.364 e. The number of carboxylic acids is 1. The molecule has 0 unspecified atom stereocenters. The van der Waals surface area contributed by atoms with Gasteiger partial charge in [-0.3, -0.25) is 24.0 Å². The first-order valence-corrected chi connectivity index (χ1v) is 27.1. The topological polar surface area (TPSA) is 365 Å².